The first-order valence-electron chi connectivity index (χ1n) is 9.21. The summed E-state index contributed by atoms with van der Waals surface area (Å²) >= 11 is 6.23. The van der Waals surface area contributed by atoms with Crippen molar-refractivity contribution in [1.82, 2.24) is 0 Å². The van der Waals surface area contributed by atoms with Gasteiger partial charge in [-0.25, -0.2) is 0 Å². The third kappa shape index (κ3) is 4.94. The molecule has 0 amide bonds. The average Bonchev–Trinajstić information content (AvgIpc) is 3.31. The highest BCUT2D eigenvalue weighted by Crippen LogP contribution is 2.35. The fraction of sp³-hybridized carbons (Fsp3) is 0. The highest BCUT2D eigenvalue weighted by molar-refractivity contribution is 14.1. The zero-order valence-electron chi connectivity index (χ0n) is 15.8. The molecule has 5 heteroatoms. The quantitative estimate of drug-likeness (QED) is 0.163. The first-order valence-corrected chi connectivity index (χ1v) is 12.2. The van der Waals surface area contributed by atoms with Gasteiger partial charge in [-0.1, -0.05) is 18.2 Å². The SMILES string of the molecule is N#C/C(=C\c1ccc(N(c2ccc(I)cc2)c2ccc(I)cc2)cc1)c1cccs1. The largest absolute Gasteiger partial charge is 0.311 e. The minimum absolute atomic E-state index is 0.685. The van der Waals surface area contributed by atoms with Gasteiger partial charge in [-0.3, -0.25) is 0 Å². The number of thiophene rings is 1. The molecule has 0 radical (unpaired) electrons. The maximum absolute atomic E-state index is 9.52. The van der Waals surface area contributed by atoms with Gasteiger partial charge >= 0.3 is 0 Å². The molecule has 0 saturated heterocycles. The summed E-state index contributed by atoms with van der Waals surface area (Å²) in [5.74, 6) is 0. The molecule has 1 aromatic heterocycles. The van der Waals surface area contributed by atoms with E-state index in [1.54, 1.807) is 11.3 Å². The third-order valence-electron chi connectivity index (χ3n) is 4.54. The molecule has 0 spiro atoms. The summed E-state index contributed by atoms with van der Waals surface area (Å²) in [6.07, 6.45) is 1.94. The number of anilines is 3. The maximum Gasteiger partial charge on any atom is 0.101 e. The number of rotatable bonds is 5. The Morgan fingerprint density at radius 1 is 0.767 bits per heavy atom. The Kier molecular flexibility index (Phi) is 6.87. The lowest BCUT2D eigenvalue weighted by Crippen LogP contribution is -2.09. The Morgan fingerprint density at radius 3 is 1.70 bits per heavy atom. The minimum Gasteiger partial charge on any atom is -0.311 e. The van der Waals surface area contributed by atoms with Crippen molar-refractivity contribution in [1.29, 1.82) is 5.26 Å². The van der Waals surface area contributed by atoms with E-state index in [4.69, 9.17) is 0 Å². The molecule has 4 aromatic rings. The minimum atomic E-state index is 0.685. The molecule has 2 nitrogen and oxygen atoms in total. The van der Waals surface area contributed by atoms with Gasteiger partial charge in [0.15, 0.2) is 0 Å². The lowest BCUT2D eigenvalue weighted by molar-refractivity contribution is 1.28. The van der Waals surface area contributed by atoms with Crippen LogP contribution in [0.2, 0.25) is 0 Å². The fourth-order valence-corrected chi connectivity index (χ4v) is 4.52. The summed E-state index contributed by atoms with van der Waals surface area (Å²) in [5, 5.41) is 11.5. The highest BCUT2D eigenvalue weighted by Gasteiger charge is 2.12. The van der Waals surface area contributed by atoms with Crippen LogP contribution < -0.4 is 4.90 Å². The van der Waals surface area contributed by atoms with Crippen molar-refractivity contribution in [3.05, 3.63) is 108 Å². The van der Waals surface area contributed by atoms with Gasteiger partial charge in [0.05, 0.1) is 5.57 Å². The van der Waals surface area contributed by atoms with Gasteiger partial charge < -0.3 is 4.90 Å². The molecule has 30 heavy (non-hydrogen) atoms. The second kappa shape index (κ2) is 9.77. The predicted molar refractivity (Wildman–Crippen MR) is 144 cm³/mol. The van der Waals surface area contributed by atoms with E-state index in [1.165, 1.54) is 7.14 Å². The van der Waals surface area contributed by atoms with Gasteiger partial charge in [-0.2, -0.15) is 5.26 Å². The van der Waals surface area contributed by atoms with E-state index in [0.29, 0.717) is 5.57 Å². The molecule has 0 fully saturated rings. The molecule has 1 heterocycles. The predicted octanol–water partition coefficient (Wildman–Crippen LogP) is 8.49. The van der Waals surface area contributed by atoms with Crippen molar-refractivity contribution in [3.8, 4) is 6.07 Å². The van der Waals surface area contributed by atoms with Crippen molar-refractivity contribution < 1.29 is 0 Å². The number of hydrogen-bond acceptors (Lipinski definition) is 3. The zero-order chi connectivity index (χ0) is 20.9. The second-order valence-corrected chi connectivity index (χ2v) is 9.97. The Bertz CT molecular complexity index is 1140. The normalized spacial score (nSPS) is 11.2. The van der Waals surface area contributed by atoms with Crippen LogP contribution in [0.1, 0.15) is 10.4 Å². The number of allylic oxidation sites excluding steroid dienone is 1. The lowest BCUT2D eigenvalue weighted by Gasteiger charge is -2.25. The Hall–Kier alpha value is -2.15. The van der Waals surface area contributed by atoms with Gasteiger partial charge in [-0.05, 0) is 129 Å². The smallest absolute Gasteiger partial charge is 0.101 e. The summed E-state index contributed by atoms with van der Waals surface area (Å²) < 4.78 is 2.41. The summed E-state index contributed by atoms with van der Waals surface area (Å²) in [4.78, 5) is 3.23. The van der Waals surface area contributed by atoms with Crippen LogP contribution in [-0.2, 0) is 0 Å². The Morgan fingerprint density at radius 2 is 1.27 bits per heavy atom. The number of hydrogen-bond donors (Lipinski definition) is 0. The summed E-state index contributed by atoms with van der Waals surface area (Å²) in [6.45, 7) is 0. The summed E-state index contributed by atoms with van der Waals surface area (Å²) in [6, 6.07) is 31.6. The Balaban J connectivity index is 1.72. The van der Waals surface area contributed by atoms with E-state index < -0.39 is 0 Å². The van der Waals surface area contributed by atoms with Crippen molar-refractivity contribution in [2.45, 2.75) is 0 Å². The standard InChI is InChI=1S/C25H16I2N2S/c26-20-5-11-23(12-6-20)29(24-13-7-21(27)8-14-24)22-9-3-18(4-10-22)16-19(17-28)25-2-1-15-30-25/h1-16H/b19-16+. The van der Waals surface area contributed by atoms with Crippen molar-refractivity contribution >= 4 is 85.2 Å². The molecule has 0 unspecified atom stereocenters. The van der Waals surface area contributed by atoms with Crippen LogP contribution in [0.3, 0.4) is 0 Å². The molecule has 0 saturated carbocycles. The van der Waals surface area contributed by atoms with Crippen molar-refractivity contribution in [2.24, 2.45) is 0 Å². The van der Waals surface area contributed by atoms with Gasteiger partial charge in [0.2, 0.25) is 0 Å². The first-order chi connectivity index (χ1) is 14.6. The average molecular weight is 630 g/mol. The third-order valence-corrected chi connectivity index (χ3v) is 6.88. The molecule has 146 valence electrons. The van der Waals surface area contributed by atoms with Crippen LogP contribution in [0, 0.1) is 18.5 Å². The van der Waals surface area contributed by atoms with Gasteiger partial charge in [-0.15, -0.1) is 11.3 Å². The van der Waals surface area contributed by atoms with Crippen molar-refractivity contribution in [2.75, 3.05) is 4.90 Å². The van der Waals surface area contributed by atoms with E-state index in [2.05, 4.69) is 129 Å². The number of nitriles is 1. The van der Waals surface area contributed by atoms with Crippen LogP contribution in [0.25, 0.3) is 11.6 Å². The number of halogens is 2. The van der Waals surface area contributed by atoms with E-state index in [-0.39, 0.29) is 0 Å². The van der Waals surface area contributed by atoms with Crippen LogP contribution in [0.5, 0.6) is 0 Å². The second-order valence-electron chi connectivity index (χ2n) is 6.53. The van der Waals surface area contributed by atoms with E-state index in [0.717, 1.165) is 27.5 Å². The van der Waals surface area contributed by atoms with Gasteiger partial charge in [0.1, 0.15) is 6.07 Å². The molecule has 3 aromatic carbocycles. The lowest BCUT2D eigenvalue weighted by atomic mass is 10.1. The Labute approximate surface area is 207 Å². The zero-order valence-corrected chi connectivity index (χ0v) is 20.9. The summed E-state index contributed by atoms with van der Waals surface area (Å²) in [7, 11) is 0. The summed E-state index contributed by atoms with van der Waals surface area (Å²) in [5.41, 5.74) is 4.98. The van der Waals surface area contributed by atoms with Crippen LogP contribution in [-0.4, -0.2) is 0 Å². The van der Waals surface area contributed by atoms with Gasteiger partial charge in [0.25, 0.3) is 0 Å². The van der Waals surface area contributed by atoms with Crippen LogP contribution in [0.15, 0.2) is 90.3 Å². The molecule has 0 aliphatic heterocycles. The maximum atomic E-state index is 9.52. The molecular weight excluding hydrogens is 614 g/mol. The topological polar surface area (TPSA) is 27.0 Å². The molecule has 0 N–H and O–H groups in total. The number of benzene rings is 3. The van der Waals surface area contributed by atoms with E-state index >= 15 is 0 Å². The molecular formula is C25H16I2N2S. The van der Waals surface area contributed by atoms with Crippen molar-refractivity contribution in [3.63, 3.8) is 0 Å². The molecule has 0 bridgehead atoms. The molecule has 4 rings (SSSR count). The molecule has 0 aliphatic rings. The monoisotopic (exact) mass is 630 g/mol. The van der Waals surface area contributed by atoms with Gasteiger partial charge in [0, 0.05) is 29.1 Å². The van der Waals surface area contributed by atoms with E-state index in [9.17, 15) is 5.26 Å². The molecule has 0 aliphatic carbocycles. The fourth-order valence-electron chi connectivity index (χ4n) is 3.10. The number of nitrogens with zero attached hydrogens (tertiary/aromatic N) is 2. The van der Waals surface area contributed by atoms with E-state index in [1.807, 2.05) is 23.6 Å². The molecule has 0 atom stereocenters. The van der Waals surface area contributed by atoms with Crippen LogP contribution >= 0.6 is 56.5 Å². The first kappa shape index (κ1) is 21.1. The van der Waals surface area contributed by atoms with Crippen LogP contribution in [0.4, 0.5) is 17.1 Å². The highest BCUT2D eigenvalue weighted by atomic mass is 127.